The molecule has 1 amide bonds. The van der Waals surface area contributed by atoms with Gasteiger partial charge in [0.2, 0.25) is 5.91 Å². The zero-order valence-corrected chi connectivity index (χ0v) is 11.5. The second kappa shape index (κ2) is 9.88. The summed E-state index contributed by atoms with van der Waals surface area (Å²) in [6.07, 6.45) is 12.0. The zero-order valence-electron chi connectivity index (χ0n) is 11.5. The van der Waals surface area contributed by atoms with Crippen LogP contribution in [0.25, 0.3) is 0 Å². The van der Waals surface area contributed by atoms with Crippen LogP contribution in [0.1, 0.15) is 40.5 Å². The lowest BCUT2D eigenvalue weighted by Crippen LogP contribution is -2.30. The van der Waals surface area contributed by atoms with Gasteiger partial charge in [0.15, 0.2) is 0 Å². The molecule has 0 rings (SSSR count). The van der Waals surface area contributed by atoms with Gasteiger partial charge >= 0.3 is 0 Å². The molecule has 2 heteroatoms. The van der Waals surface area contributed by atoms with E-state index in [2.05, 4.69) is 12.2 Å². The molecule has 1 atom stereocenters. The monoisotopic (exact) mass is 235 g/mol. The Morgan fingerprint density at radius 2 is 2.00 bits per heavy atom. The molecule has 2 nitrogen and oxygen atoms in total. The summed E-state index contributed by atoms with van der Waals surface area (Å²) in [7, 11) is 0. The van der Waals surface area contributed by atoms with E-state index in [4.69, 9.17) is 0 Å². The maximum atomic E-state index is 11.7. The van der Waals surface area contributed by atoms with E-state index < -0.39 is 0 Å². The van der Waals surface area contributed by atoms with Crippen LogP contribution in [0.3, 0.4) is 0 Å². The molecule has 0 spiro atoms. The van der Waals surface area contributed by atoms with Crippen LogP contribution in [0.4, 0.5) is 0 Å². The van der Waals surface area contributed by atoms with E-state index in [1.165, 1.54) is 0 Å². The molecular formula is C15H25NO. The Labute approximate surface area is 105 Å². The van der Waals surface area contributed by atoms with Crippen molar-refractivity contribution >= 4 is 5.91 Å². The Bertz CT molecular complexity index is 300. The molecule has 96 valence electrons. The van der Waals surface area contributed by atoms with Gasteiger partial charge in [-0.3, -0.25) is 4.79 Å². The van der Waals surface area contributed by atoms with E-state index in [1.54, 1.807) is 0 Å². The number of nitrogens with one attached hydrogen (secondary N) is 1. The van der Waals surface area contributed by atoms with Crippen LogP contribution in [0.5, 0.6) is 0 Å². The van der Waals surface area contributed by atoms with E-state index in [0.29, 0.717) is 6.54 Å². The van der Waals surface area contributed by atoms with Crippen molar-refractivity contribution in [1.29, 1.82) is 0 Å². The number of allylic oxidation sites excluding steroid dienone is 4. The molecule has 0 aliphatic rings. The molecule has 0 saturated carbocycles. The molecule has 1 unspecified atom stereocenters. The Morgan fingerprint density at radius 1 is 1.29 bits per heavy atom. The van der Waals surface area contributed by atoms with Gasteiger partial charge in [-0.25, -0.2) is 0 Å². The minimum atomic E-state index is 0.105. The summed E-state index contributed by atoms with van der Waals surface area (Å²) >= 11 is 0. The third-order valence-corrected chi connectivity index (χ3v) is 2.52. The van der Waals surface area contributed by atoms with Crippen LogP contribution in [-0.2, 0) is 4.79 Å². The number of amides is 1. The van der Waals surface area contributed by atoms with E-state index in [9.17, 15) is 4.79 Å². The Balaban J connectivity index is 4.26. The smallest absolute Gasteiger partial charge is 0.223 e. The highest BCUT2D eigenvalue weighted by Crippen LogP contribution is 2.05. The summed E-state index contributed by atoms with van der Waals surface area (Å²) in [6.45, 7) is 8.63. The van der Waals surface area contributed by atoms with Crippen molar-refractivity contribution < 1.29 is 4.79 Å². The SMILES string of the molecule is C\C=C/C=C(\C=C/C)CNC(=O)C(C)CCC. The number of carbonyl (C=O) groups is 1. The lowest BCUT2D eigenvalue weighted by molar-refractivity contribution is -0.124. The molecule has 0 fully saturated rings. The molecule has 0 saturated heterocycles. The van der Waals surface area contributed by atoms with Crippen molar-refractivity contribution in [2.75, 3.05) is 6.54 Å². The zero-order chi connectivity index (χ0) is 13.1. The van der Waals surface area contributed by atoms with Crippen molar-refractivity contribution in [2.24, 2.45) is 5.92 Å². The summed E-state index contributed by atoms with van der Waals surface area (Å²) in [4.78, 5) is 11.7. The third-order valence-electron chi connectivity index (χ3n) is 2.52. The highest BCUT2D eigenvalue weighted by atomic mass is 16.1. The van der Waals surface area contributed by atoms with Crippen molar-refractivity contribution in [3.05, 3.63) is 36.0 Å². The summed E-state index contributed by atoms with van der Waals surface area (Å²) in [5, 5.41) is 2.97. The summed E-state index contributed by atoms with van der Waals surface area (Å²) in [5.41, 5.74) is 1.11. The van der Waals surface area contributed by atoms with Gasteiger partial charge in [0.05, 0.1) is 0 Å². The molecule has 17 heavy (non-hydrogen) atoms. The first-order valence-corrected chi connectivity index (χ1v) is 6.37. The largest absolute Gasteiger partial charge is 0.352 e. The number of rotatable bonds is 7. The first-order valence-electron chi connectivity index (χ1n) is 6.37. The van der Waals surface area contributed by atoms with E-state index in [-0.39, 0.29) is 11.8 Å². The van der Waals surface area contributed by atoms with Crippen molar-refractivity contribution in [3.63, 3.8) is 0 Å². The first-order chi connectivity index (χ1) is 8.15. The molecule has 0 aliphatic heterocycles. The van der Waals surface area contributed by atoms with E-state index in [0.717, 1.165) is 18.4 Å². The lowest BCUT2D eigenvalue weighted by atomic mass is 10.1. The summed E-state index contributed by atoms with van der Waals surface area (Å²) in [6, 6.07) is 0. The fourth-order valence-electron chi connectivity index (χ4n) is 1.53. The van der Waals surface area contributed by atoms with E-state index in [1.807, 2.05) is 51.2 Å². The fourth-order valence-corrected chi connectivity index (χ4v) is 1.53. The second-order valence-electron chi connectivity index (χ2n) is 4.17. The fraction of sp³-hybridized carbons (Fsp3) is 0.533. The average Bonchev–Trinajstić information content (AvgIpc) is 2.32. The predicted octanol–water partition coefficient (Wildman–Crippen LogP) is 3.62. The van der Waals surface area contributed by atoms with Crippen LogP contribution in [0.15, 0.2) is 36.0 Å². The van der Waals surface area contributed by atoms with Gasteiger partial charge in [0.25, 0.3) is 0 Å². The highest BCUT2D eigenvalue weighted by molar-refractivity contribution is 5.78. The van der Waals surface area contributed by atoms with E-state index >= 15 is 0 Å². The Morgan fingerprint density at radius 3 is 2.53 bits per heavy atom. The predicted molar refractivity (Wildman–Crippen MR) is 74.8 cm³/mol. The third kappa shape index (κ3) is 7.56. The molecule has 0 aromatic heterocycles. The first kappa shape index (κ1) is 15.7. The molecular weight excluding hydrogens is 210 g/mol. The highest BCUT2D eigenvalue weighted by Gasteiger charge is 2.10. The second-order valence-corrected chi connectivity index (χ2v) is 4.17. The van der Waals surface area contributed by atoms with Crippen molar-refractivity contribution in [1.82, 2.24) is 5.32 Å². The molecule has 0 aromatic carbocycles. The van der Waals surface area contributed by atoms with Gasteiger partial charge in [-0.2, -0.15) is 0 Å². The number of hydrogen-bond acceptors (Lipinski definition) is 1. The number of carbonyl (C=O) groups excluding carboxylic acids is 1. The van der Waals surface area contributed by atoms with Gasteiger partial charge in [0, 0.05) is 12.5 Å². The van der Waals surface area contributed by atoms with Crippen LogP contribution in [0, 0.1) is 5.92 Å². The molecule has 0 aliphatic carbocycles. The molecule has 0 aromatic rings. The molecule has 1 N–H and O–H groups in total. The normalized spacial score (nSPS) is 14.5. The topological polar surface area (TPSA) is 29.1 Å². The molecule has 0 bridgehead atoms. The number of hydrogen-bond donors (Lipinski definition) is 1. The minimum Gasteiger partial charge on any atom is -0.352 e. The van der Waals surface area contributed by atoms with Gasteiger partial charge in [-0.1, -0.05) is 50.6 Å². The Hall–Kier alpha value is -1.31. The van der Waals surface area contributed by atoms with Crippen LogP contribution in [-0.4, -0.2) is 12.5 Å². The van der Waals surface area contributed by atoms with Gasteiger partial charge in [-0.15, -0.1) is 0 Å². The van der Waals surface area contributed by atoms with Crippen molar-refractivity contribution in [3.8, 4) is 0 Å². The van der Waals surface area contributed by atoms with Crippen LogP contribution in [0.2, 0.25) is 0 Å². The summed E-state index contributed by atoms with van der Waals surface area (Å²) < 4.78 is 0. The maximum Gasteiger partial charge on any atom is 0.223 e. The van der Waals surface area contributed by atoms with Gasteiger partial charge < -0.3 is 5.32 Å². The van der Waals surface area contributed by atoms with Gasteiger partial charge in [-0.05, 0) is 25.8 Å². The maximum absolute atomic E-state index is 11.7. The lowest BCUT2D eigenvalue weighted by Gasteiger charge is -2.11. The molecule has 0 heterocycles. The molecule has 0 radical (unpaired) electrons. The Kier molecular flexibility index (Phi) is 9.12. The van der Waals surface area contributed by atoms with Crippen LogP contribution < -0.4 is 5.32 Å². The standard InChI is InChI=1S/C15H25NO/c1-5-8-11-14(10-7-3)12-16-15(17)13(4)9-6-2/h5,7-8,10-11,13H,6,9,12H2,1-4H3,(H,16,17)/b8-5-,10-7-,14-11+. The quantitative estimate of drug-likeness (QED) is 0.671. The van der Waals surface area contributed by atoms with Crippen molar-refractivity contribution in [2.45, 2.75) is 40.5 Å². The van der Waals surface area contributed by atoms with Crippen LogP contribution >= 0.6 is 0 Å². The minimum absolute atomic E-state index is 0.105. The average molecular weight is 235 g/mol. The van der Waals surface area contributed by atoms with Gasteiger partial charge in [0.1, 0.15) is 0 Å². The summed E-state index contributed by atoms with van der Waals surface area (Å²) in [5.74, 6) is 0.247.